The number of anilines is 1. The molecule has 1 atom stereocenters. The van der Waals surface area contributed by atoms with Gasteiger partial charge in [0.15, 0.2) is 0 Å². The molecular formula is C25H23N3O5. The highest BCUT2D eigenvalue weighted by Gasteiger charge is 2.42. The zero-order valence-electron chi connectivity index (χ0n) is 18.3. The van der Waals surface area contributed by atoms with Crippen molar-refractivity contribution in [2.24, 2.45) is 5.73 Å². The van der Waals surface area contributed by atoms with E-state index in [4.69, 9.17) is 19.9 Å². The quantitative estimate of drug-likeness (QED) is 0.511. The Morgan fingerprint density at radius 2 is 1.73 bits per heavy atom. The number of methoxy groups -OCH3 is 2. The number of nitriles is 1. The lowest BCUT2D eigenvalue weighted by molar-refractivity contribution is -0.139. The van der Waals surface area contributed by atoms with Gasteiger partial charge in [-0.25, -0.2) is 9.59 Å². The van der Waals surface area contributed by atoms with Crippen molar-refractivity contribution in [2.75, 3.05) is 25.7 Å². The summed E-state index contributed by atoms with van der Waals surface area (Å²) >= 11 is 0. The number of carbonyl (C=O) groups is 2. The minimum Gasteiger partial charge on any atom is -0.490 e. The molecular weight excluding hydrogens is 422 g/mol. The maximum Gasteiger partial charge on any atom is 0.355 e. The van der Waals surface area contributed by atoms with E-state index in [2.05, 4.69) is 12.6 Å². The first-order chi connectivity index (χ1) is 16.0. The molecule has 0 aromatic heterocycles. The molecule has 1 heterocycles. The number of benzene rings is 2. The SMILES string of the molecule is C=CCOc1ccc(N2C(N)=C(C#N)C(c3ccccc3)C(C(=O)OC)=C2C(=O)OC)cc1. The van der Waals surface area contributed by atoms with Crippen molar-refractivity contribution in [1.82, 2.24) is 0 Å². The smallest absolute Gasteiger partial charge is 0.355 e. The molecule has 168 valence electrons. The molecule has 8 nitrogen and oxygen atoms in total. The minimum absolute atomic E-state index is 0.000772. The second kappa shape index (κ2) is 10.2. The largest absolute Gasteiger partial charge is 0.490 e. The van der Waals surface area contributed by atoms with E-state index in [1.165, 1.54) is 19.1 Å². The topological polar surface area (TPSA) is 115 Å². The average molecular weight is 445 g/mol. The molecule has 1 aliphatic rings. The van der Waals surface area contributed by atoms with Gasteiger partial charge in [0.25, 0.3) is 0 Å². The number of hydrogen-bond acceptors (Lipinski definition) is 8. The molecule has 2 aromatic rings. The molecule has 2 N–H and O–H groups in total. The number of rotatable bonds is 7. The highest BCUT2D eigenvalue weighted by molar-refractivity contribution is 6.06. The van der Waals surface area contributed by atoms with Crippen LogP contribution in [0.3, 0.4) is 0 Å². The lowest BCUT2D eigenvalue weighted by Crippen LogP contribution is -2.40. The van der Waals surface area contributed by atoms with Crippen molar-refractivity contribution in [3.05, 3.63) is 95.5 Å². The fraction of sp³-hybridized carbons (Fsp3) is 0.160. The normalized spacial score (nSPS) is 15.5. The van der Waals surface area contributed by atoms with Gasteiger partial charge in [-0.05, 0) is 29.8 Å². The van der Waals surface area contributed by atoms with Crippen LogP contribution in [0.15, 0.2) is 89.9 Å². The number of nitrogens with two attached hydrogens (primary N) is 1. The van der Waals surface area contributed by atoms with Crippen molar-refractivity contribution in [2.45, 2.75) is 5.92 Å². The zero-order valence-corrected chi connectivity index (χ0v) is 18.3. The van der Waals surface area contributed by atoms with Crippen LogP contribution in [-0.2, 0) is 19.1 Å². The summed E-state index contributed by atoms with van der Waals surface area (Å²) in [6, 6.07) is 17.6. The fourth-order valence-corrected chi connectivity index (χ4v) is 3.63. The minimum atomic E-state index is -0.913. The summed E-state index contributed by atoms with van der Waals surface area (Å²) in [6.45, 7) is 3.93. The van der Waals surface area contributed by atoms with Gasteiger partial charge < -0.3 is 19.9 Å². The van der Waals surface area contributed by atoms with Crippen LogP contribution in [0.5, 0.6) is 5.75 Å². The van der Waals surface area contributed by atoms with Gasteiger partial charge in [-0.2, -0.15) is 5.26 Å². The van der Waals surface area contributed by atoms with E-state index in [1.54, 1.807) is 60.7 Å². The summed E-state index contributed by atoms with van der Waals surface area (Å²) in [5, 5.41) is 10.0. The van der Waals surface area contributed by atoms with E-state index < -0.39 is 17.9 Å². The number of nitrogens with zero attached hydrogens (tertiary/aromatic N) is 2. The lowest BCUT2D eigenvalue weighted by atomic mass is 9.81. The number of esters is 2. The Kier molecular flexibility index (Phi) is 7.16. The predicted molar refractivity (Wildman–Crippen MR) is 122 cm³/mol. The van der Waals surface area contributed by atoms with Gasteiger partial charge in [-0.1, -0.05) is 43.0 Å². The van der Waals surface area contributed by atoms with Crippen molar-refractivity contribution in [1.29, 1.82) is 5.26 Å². The van der Waals surface area contributed by atoms with E-state index in [9.17, 15) is 14.9 Å². The van der Waals surface area contributed by atoms with Crippen LogP contribution in [0.4, 0.5) is 5.69 Å². The molecule has 0 saturated carbocycles. The highest BCUT2D eigenvalue weighted by atomic mass is 16.5. The molecule has 0 saturated heterocycles. The van der Waals surface area contributed by atoms with Gasteiger partial charge in [0.1, 0.15) is 23.9 Å². The third kappa shape index (κ3) is 4.43. The molecule has 0 bridgehead atoms. The van der Waals surface area contributed by atoms with Crippen molar-refractivity contribution >= 4 is 17.6 Å². The molecule has 0 fully saturated rings. The molecule has 2 aromatic carbocycles. The Morgan fingerprint density at radius 3 is 2.27 bits per heavy atom. The lowest BCUT2D eigenvalue weighted by Gasteiger charge is -2.35. The van der Waals surface area contributed by atoms with Gasteiger partial charge in [-0.3, -0.25) is 4.90 Å². The van der Waals surface area contributed by atoms with E-state index in [0.717, 1.165) is 0 Å². The van der Waals surface area contributed by atoms with Gasteiger partial charge in [0.05, 0.1) is 37.4 Å². The van der Waals surface area contributed by atoms with Crippen LogP contribution in [0.1, 0.15) is 11.5 Å². The Bertz CT molecular complexity index is 1160. The summed E-state index contributed by atoms with van der Waals surface area (Å²) in [5.41, 5.74) is 7.40. The first kappa shape index (κ1) is 23.2. The summed E-state index contributed by atoms with van der Waals surface area (Å²) in [7, 11) is 2.40. The summed E-state index contributed by atoms with van der Waals surface area (Å²) in [5.74, 6) is -1.93. The summed E-state index contributed by atoms with van der Waals surface area (Å²) in [6.07, 6.45) is 1.61. The molecule has 3 rings (SSSR count). The third-order valence-corrected chi connectivity index (χ3v) is 5.07. The molecule has 33 heavy (non-hydrogen) atoms. The maximum atomic E-state index is 13.0. The van der Waals surface area contributed by atoms with Crippen molar-refractivity contribution in [3.8, 4) is 11.8 Å². The summed E-state index contributed by atoms with van der Waals surface area (Å²) in [4.78, 5) is 27.3. The first-order valence-electron chi connectivity index (χ1n) is 9.97. The number of hydrogen-bond donors (Lipinski definition) is 1. The second-order valence-corrected chi connectivity index (χ2v) is 6.93. The van der Waals surface area contributed by atoms with Crippen LogP contribution in [-0.4, -0.2) is 32.8 Å². The third-order valence-electron chi connectivity index (χ3n) is 5.07. The Labute approximate surface area is 191 Å². The Morgan fingerprint density at radius 1 is 1.09 bits per heavy atom. The Hall–Kier alpha value is -4.51. The van der Waals surface area contributed by atoms with Gasteiger partial charge in [0.2, 0.25) is 0 Å². The van der Waals surface area contributed by atoms with Gasteiger partial charge in [0, 0.05) is 5.69 Å². The number of carbonyl (C=O) groups excluding carboxylic acids is 2. The van der Waals surface area contributed by atoms with Crippen molar-refractivity contribution < 1.29 is 23.8 Å². The fourth-order valence-electron chi connectivity index (χ4n) is 3.63. The van der Waals surface area contributed by atoms with E-state index in [0.29, 0.717) is 23.6 Å². The molecule has 1 unspecified atom stereocenters. The van der Waals surface area contributed by atoms with Gasteiger partial charge >= 0.3 is 11.9 Å². The molecule has 0 spiro atoms. The first-order valence-corrected chi connectivity index (χ1v) is 9.97. The van der Waals surface area contributed by atoms with Crippen LogP contribution in [0.2, 0.25) is 0 Å². The second-order valence-electron chi connectivity index (χ2n) is 6.93. The molecule has 0 radical (unpaired) electrons. The van der Waals surface area contributed by atoms with Gasteiger partial charge in [-0.15, -0.1) is 0 Å². The Balaban J connectivity index is 2.29. The summed E-state index contributed by atoms with van der Waals surface area (Å²) < 4.78 is 15.5. The van der Waals surface area contributed by atoms with E-state index >= 15 is 0 Å². The monoisotopic (exact) mass is 445 g/mol. The molecule has 0 aliphatic carbocycles. The molecule has 8 heteroatoms. The number of ether oxygens (including phenoxy) is 3. The number of allylic oxidation sites excluding steroid dienone is 1. The van der Waals surface area contributed by atoms with Crippen molar-refractivity contribution in [3.63, 3.8) is 0 Å². The zero-order chi connectivity index (χ0) is 24.0. The standard InChI is InChI=1S/C25H23N3O5/c1-4-14-33-18-12-10-17(11-13-18)28-22(25(30)32-3)21(24(29)31-2)20(19(15-26)23(28)27)16-8-6-5-7-9-16/h4-13,20H,1,14,27H2,2-3H3. The van der Waals surface area contributed by atoms with Crippen LogP contribution in [0, 0.1) is 11.3 Å². The molecule has 0 amide bonds. The van der Waals surface area contributed by atoms with Crippen LogP contribution < -0.4 is 15.4 Å². The van der Waals surface area contributed by atoms with E-state index in [1.807, 2.05) is 0 Å². The average Bonchev–Trinajstić information content (AvgIpc) is 2.86. The predicted octanol–water partition coefficient (Wildman–Crippen LogP) is 3.15. The van der Waals surface area contributed by atoms with Crippen LogP contribution >= 0.6 is 0 Å². The van der Waals surface area contributed by atoms with E-state index in [-0.39, 0.29) is 22.7 Å². The van der Waals surface area contributed by atoms with Crippen LogP contribution in [0.25, 0.3) is 0 Å². The highest BCUT2D eigenvalue weighted by Crippen LogP contribution is 2.43. The molecule has 1 aliphatic heterocycles. The maximum absolute atomic E-state index is 13.0.